The summed E-state index contributed by atoms with van der Waals surface area (Å²) >= 11 is 1.48. The first-order valence-corrected chi connectivity index (χ1v) is 13.8. The minimum Gasteiger partial charge on any atom is -0.475 e. The van der Waals surface area contributed by atoms with E-state index in [9.17, 15) is 35.2 Å². The van der Waals surface area contributed by atoms with Gasteiger partial charge in [0.1, 0.15) is 5.82 Å². The highest BCUT2D eigenvalue weighted by molar-refractivity contribution is 7.90. The van der Waals surface area contributed by atoms with Gasteiger partial charge in [0.25, 0.3) is 6.08 Å². The van der Waals surface area contributed by atoms with E-state index in [0.29, 0.717) is 0 Å². The maximum Gasteiger partial charge on any atom is 0.490 e. The first-order valence-electron chi connectivity index (χ1n) is 11.1. The number of aromatic nitrogens is 3. The van der Waals surface area contributed by atoms with E-state index in [1.807, 2.05) is 24.3 Å². The Hall–Kier alpha value is -3.89. The van der Waals surface area contributed by atoms with Crippen LogP contribution in [0.3, 0.4) is 0 Å². The summed E-state index contributed by atoms with van der Waals surface area (Å²) in [6.07, 6.45) is -5.99. The number of hydrogen-bond donors (Lipinski definition) is 3. The number of carboxylic acid groups (broad SMARTS) is 1. The van der Waals surface area contributed by atoms with Crippen LogP contribution in [0.25, 0.3) is 21.2 Å². The number of aromatic amines is 1. The van der Waals surface area contributed by atoms with Gasteiger partial charge in [0.2, 0.25) is 0 Å². The van der Waals surface area contributed by atoms with Gasteiger partial charge in [-0.1, -0.05) is 24.3 Å². The molecule has 40 heavy (non-hydrogen) atoms. The number of hydrogen-bond acceptors (Lipinski definition) is 7. The molecule has 0 saturated carbocycles. The Kier molecular flexibility index (Phi) is 9.27. The van der Waals surface area contributed by atoms with Crippen molar-refractivity contribution in [1.29, 1.82) is 0 Å². The molecule has 0 atom stereocenters. The average Bonchev–Trinajstić information content (AvgIpc) is 3.43. The summed E-state index contributed by atoms with van der Waals surface area (Å²) < 4.78 is 83.4. The molecule has 4 aromatic rings. The Morgan fingerprint density at radius 2 is 1.70 bits per heavy atom. The molecule has 9 nitrogen and oxygen atoms in total. The number of carbonyl (C=O) groups is 1. The number of nitrogens with zero attached hydrogens (tertiary/aromatic N) is 2. The number of alkyl halides is 3. The standard InChI is InChI=1S/C22H20F2N4O3S2.C2HF3O2/c1-33(30,31)18-6-4-13(5-7-18)14-2-3-15-8-17(32-19(15)9-14)12-28-20(26-27-22(28)29)10-16(11-25)21(23)24;3-2(4,5)1(6)7/h2-9H,10-12,25H2,1H3,(H,27,29);(H,6,7). The van der Waals surface area contributed by atoms with Crippen LogP contribution >= 0.6 is 11.3 Å². The van der Waals surface area contributed by atoms with E-state index in [1.165, 1.54) is 22.2 Å². The minimum absolute atomic E-state index is 0.189. The molecule has 2 heterocycles. The maximum absolute atomic E-state index is 13.0. The van der Waals surface area contributed by atoms with Crippen molar-refractivity contribution in [2.45, 2.75) is 24.0 Å². The van der Waals surface area contributed by atoms with Gasteiger partial charge in [0, 0.05) is 34.4 Å². The molecule has 0 aliphatic carbocycles. The zero-order valence-corrected chi connectivity index (χ0v) is 22.1. The molecule has 16 heteroatoms. The highest BCUT2D eigenvalue weighted by atomic mass is 32.2. The highest BCUT2D eigenvalue weighted by Crippen LogP contribution is 2.31. The van der Waals surface area contributed by atoms with Crippen LogP contribution in [0.15, 0.2) is 69.9 Å². The van der Waals surface area contributed by atoms with Crippen LogP contribution in [-0.4, -0.2) is 53.2 Å². The molecular formula is C24H21F5N4O5S2. The fourth-order valence-corrected chi connectivity index (χ4v) is 5.17. The van der Waals surface area contributed by atoms with E-state index in [0.717, 1.165) is 26.1 Å². The van der Waals surface area contributed by atoms with E-state index in [2.05, 4.69) is 10.2 Å². The number of fused-ring (bicyclic) bond motifs is 1. The number of nitrogens with two attached hydrogens (primary N) is 1. The van der Waals surface area contributed by atoms with E-state index in [-0.39, 0.29) is 35.8 Å². The van der Waals surface area contributed by atoms with Gasteiger partial charge < -0.3 is 10.8 Å². The van der Waals surface area contributed by atoms with Crippen LogP contribution in [0.4, 0.5) is 22.0 Å². The van der Waals surface area contributed by atoms with Gasteiger partial charge in [0.15, 0.2) is 9.84 Å². The summed E-state index contributed by atoms with van der Waals surface area (Å²) in [5.74, 6) is -2.56. The summed E-state index contributed by atoms with van der Waals surface area (Å²) in [6, 6.07) is 14.5. The predicted molar refractivity (Wildman–Crippen MR) is 138 cm³/mol. The fraction of sp³-hybridized carbons (Fsp3) is 0.208. The number of aliphatic carboxylic acids is 1. The number of H-pyrrole nitrogens is 1. The second-order valence-electron chi connectivity index (χ2n) is 8.34. The van der Waals surface area contributed by atoms with E-state index in [1.54, 1.807) is 24.3 Å². The predicted octanol–water partition coefficient (Wildman–Crippen LogP) is 4.19. The maximum atomic E-state index is 13.0. The van der Waals surface area contributed by atoms with Gasteiger partial charge >= 0.3 is 17.8 Å². The fourth-order valence-electron chi connectivity index (χ4n) is 3.45. The van der Waals surface area contributed by atoms with Crippen LogP contribution in [-0.2, 0) is 27.6 Å². The van der Waals surface area contributed by atoms with Gasteiger partial charge in [-0.3, -0.25) is 4.57 Å². The molecule has 0 saturated heterocycles. The topological polar surface area (TPSA) is 148 Å². The Labute approximate surface area is 227 Å². The van der Waals surface area contributed by atoms with Crippen molar-refractivity contribution in [3.63, 3.8) is 0 Å². The molecule has 2 aromatic carbocycles. The van der Waals surface area contributed by atoms with Crippen LogP contribution < -0.4 is 11.4 Å². The smallest absolute Gasteiger partial charge is 0.475 e. The number of rotatable bonds is 7. The number of halogens is 5. The van der Waals surface area contributed by atoms with Crippen molar-refractivity contribution in [2.75, 3.05) is 12.8 Å². The lowest BCUT2D eigenvalue weighted by molar-refractivity contribution is -0.192. The Morgan fingerprint density at radius 1 is 1.10 bits per heavy atom. The first-order chi connectivity index (χ1) is 18.6. The Bertz CT molecular complexity index is 1720. The van der Waals surface area contributed by atoms with E-state index < -0.39 is 33.8 Å². The summed E-state index contributed by atoms with van der Waals surface area (Å²) in [6.45, 7) is -0.131. The molecular weight excluding hydrogens is 583 g/mol. The summed E-state index contributed by atoms with van der Waals surface area (Å²) in [4.78, 5) is 22.2. The van der Waals surface area contributed by atoms with Crippen molar-refractivity contribution in [3.05, 3.63) is 81.4 Å². The van der Waals surface area contributed by atoms with Crippen LogP contribution in [0.1, 0.15) is 10.7 Å². The van der Waals surface area contributed by atoms with Crippen molar-refractivity contribution >= 4 is 37.2 Å². The highest BCUT2D eigenvalue weighted by Gasteiger charge is 2.38. The van der Waals surface area contributed by atoms with Gasteiger partial charge in [-0.2, -0.15) is 27.1 Å². The van der Waals surface area contributed by atoms with Gasteiger partial charge in [-0.25, -0.2) is 23.1 Å². The zero-order valence-electron chi connectivity index (χ0n) is 20.5. The lowest BCUT2D eigenvalue weighted by Gasteiger charge is -2.05. The molecule has 0 aliphatic heterocycles. The van der Waals surface area contributed by atoms with Crippen molar-refractivity contribution in [1.82, 2.24) is 14.8 Å². The normalized spacial score (nSPS) is 11.7. The van der Waals surface area contributed by atoms with Crippen molar-refractivity contribution in [2.24, 2.45) is 5.73 Å². The summed E-state index contributed by atoms with van der Waals surface area (Å²) in [7, 11) is -3.26. The molecule has 0 fully saturated rings. The summed E-state index contributed by atoms with van der Waals surface area (Å²) in [5.41, 5.74) is 6.44. The van der Waals surface area contributed by atoms with Crippen LogP contribution in [0.5, 0.6) is 0 Å². The first kappa shape index (κ1) is 30.6. The van der Waals surface area contributed by atoms with Crippen molar-refractivity contribution in [3.8, 4) is 11.1 Å². The molecule has 0 unspecified atom stereocenters. The molecule has 0 amide bonds. The van der Waals surface area contributed by atoms with Crippen molar-refractivity contribution < 1.29 is 40.3 Å². The van der Waals surface area contributed by atoms with Gasteiger partial charge in [0.05, 0.1) is 11.4 Å². The third-order valence-electron chi connectivity index (χ3n) is 5.47. The lowest BCUT2D eigenvalue weighted by atomic mass is 10.0. The lowest BCUT2D eigenvalue weighted by Crippen LogP contribution is -2.21. The molecule has 2 aromatic heterocycles. The minimum atomic E-state index is -5.08. The van der Waals surface area contributed by atoms with Crippen LogP contribution in [0.2, 0.25) is 0 Å². The van der Waals surface area contributed by atoms with E-state index in [4.69, 9.17) is 15.6 Å². The SMILES string of the molecule is CS(=O)(=O)c1ccc(-c2ccc3cc(Cn4c(CC(CN)=C(F)F)n[nH]c4=O)sc3c2)cc1.O=C(O)C(F)(F)F. The molecule has 0 bridgehead atoms. The number of thiophene rings is 1. The number of carboxylic acids is 1. The van der Waals surface area contributed by atoms with E-state index >= 15 is 0 Å². The molecule has 0 aliphatic rings. The molecule has 4 N–H and O–H groups in total. The largest absolute Gasteiger partial charge is 0.490 e. The molecule has 0 spiro atoms. The molecule has 4 rings (SSSR count). The number of sulfone groups is 1. The quantitative estimate of drug-likeness (QED) is 0.268. The van der Waals surface area contributed by atoms with Gasteiger partial charge in [-0.05, 0) is 40.8 Å². The monoisotopic (exact) mass is 604 g/mol. The number of nitrogens with one attached hydrogen (secondary N) is 1. The van der Waals surface area contributed by atoms with Gasteiger partial charge in [-0.15, -0.1) is 11.3 Å². The summed E-state index contributed by atoms with van der Waals surface area (Å²) in [5, 5.41) is 14.3. The second kappa shape index (κ2) is 12.1. The second-order valence-corrected chi connectivity index (χ2v) is 11.5. The Morgan fingerprint density at radius 3 is 2.23 bits per heavy atom. The molecule has 214 valence electrons. The third-order valence-corrected chi connectivity index (χ3v) is 7.68. The Balaban J connectivity index is 0.000000559. The average molecular weight is 605 g/mol. The molecule has 0 radical (unpaired) electrons. The zero-order chi connectivity index (χ0) is 29.8. The third kappa shape index (κ3) is 7.61. The van der Waals surface area contributed by atoms with Crippen LogP contribution in [0, 0.1) is 0 Å². The number of benzene rings is 2.